The summed E-state index contributed by atoms with van der Waals surface area (Å²) in [5.74, 6) is -0.425. The maximum Gasteiger partial charge on any atom is 0.411 e. The van der Waals surface area contributed by atoms with Crippen LogP contribution in [0.4, 0.5) is 10.5 Å². The highest BCUT2D eigenvalue weighted by Crippen LogP contribution is 2.22. The minimum Gasteiger partial charge on any atom is -0.462 e. The maximum absolute atomic E-state index is 11.7. The van der Waals surface area contributed by atoms with Gasteiger partial charge in [-0.25, -0.2) is 9.59 Å². The molecule has 0 aliphatic carbocycles. The lowest BCUT2D eigenvalue weighted by molar-refractivity contribution is -0.135. The Hall–Kier alpha value is -2.30. The number of carbonyl (C=O) groups is 2. The molecule has 1 amide bonds. The number of hydrogen-bond acceptors (Lipinski definition) is 4. The van der Waals surface area contributed by atoms with E-state index in [1.54, 1.807) is 0 Å². The second kappa shape index (κ2) is 6.43. The number of carbonyl (C=O) groups excluding carboxylic acids is 2. The van der Waals surface area contributed by atoms with Crippen LogP contribution in [0.1, 0.15) is 17.5 Å². The van der Waals surface area contributed by atoms with Crippen LogP contribution in [-0.4, -0.2) is 25.3 Å². The molecule has 0 radical (unpaired) electrons. The molecule has 1 atom stereocenters. The fourth-order valence-corrected chi connectivity index (χ4v) is 2.06. The summed E-state index contributed by atoms with van der Waals surface area (Å²) in [5, 5.41) is 2.67. The maximum atomic E-state index is 11.7. The largest absolute Gasteiger partial charge is 0.462 e. The molecule has 1 N–H and O–H groups in total. The molecule has 5 nitrogen and oxygen atoms in total. The Kier molecular flexibility index (Phi) is 4.62. The van der Waals surface area contributed by atoms with Crippen LogP contribution in [-0.2, 0) is 14.3 Å². The lowest BCUT2D eigenvalue weighted by Gasteiger charge is -2.10. The van der Waals surface area contributed by atoms with Crippen LogP contribution in [0.2, 0.25) is 0 Å². The molecule has 1 aromatic rings. The molecule has 1 fully saturated rings. The molecule has 1 saturated heterocycles. The minimum absolute atomic E-state index is 0.0630. The summed E-state index contributed by atoms with van der Waals surface area (Å²) in [4.78, 5) is 22.8. The Morgan fingerprint density at radius 2 is 2.19 bits per heavy atom. The Morgan fingerprint density at radius 3 is 2.81 bits per heavy atom. The summed E-state index contributed by atoms with van der Waals surface area (Å²) in [6.45, 7) is 8.20. The summed E-state index contributed by atoms with van der Waals surface area (Å²) >= 11 is 0. The highest BCUT2D eigenvalue weighted by atomic mass is 16.6. The summed E-state index contributed by atoms with van der Waals surface area (Å²) < 4.78 is 9.96. The number of anilines is 1. The average molecular weight is 289 g/mol. The fraction of sp³-hybridized carbons (Fsp3) is 0.375. The van der Waals surface area contributed by atoms with Gasteiger partial charge in [0.25, 0.3) is 0 Å². The van der Waals surface area contributed by atoms with Crippen LogP contribution in [0.3, 0.4) is 0 Å². The van der Waals surface area contributed by atoms with Gasteiger partial charge in [-0.1, -0.05) is 12.6 Å². The van der Waals surface area contributed by atoms with Crippen molar-refractivity contribution in [2.45, 2.75) is 20.3 Å². The van der Waals surface area contributed by atoms with E-state index in [0.717, 1.165) is 5.56 Å². The van der Waals surface area contributed by atoms with Crippen molar-refractivity contribution in [3.8, 4) is 0 Å². The molecule has 1 heterocycles. The first-order valence-electron chi connectivity index (χ1n) is 6.84. The van der Waals surface area contributed by atoms with E-state index in [4.69, 9.17) is 9.47 Å². The topological polar surface area (TPSA) is 64.6 Å². The van der Waals surface area contributed by atoms with Crippen LogP contribution >= 0.6 is 0 Å². The van der Waals surface area contributed by atoms with E-state index >= 15 is 0 Å². The quantitative estimate of drug-likeness (QED) is 0.683. The molecular formula is C16H19NO4. The fourth-order valence-electron chi connectivity index (χ4n) is 2.06. The third-order valence-corrected chi connectivity index (χ3v) is 3.62. The van der Waals surface area contributed by atoms with Crippen molar-refractivity contribution in [1.82, 2.24) is 0 Å². The van der Waals surface area contributed by atoms with Gasteiger partial charge >= 0.3 is 12.1 Å². The molecule has 5 heteroatoms. The highest BCUT2D eigenvalue weighted by molar-refractivity contribution is 5.90. The van der Waals surface area contributed by atoms with Crippen molar-refractivity contribution in [2.24, 2.45) is 5.92 Å². The van der Waals surface area contributed by atoms with Crippen LogP contribution in [0.15, 0.2) is 30.4 Å². The molecule has 1 aliphatic heterocycles. The van der Waals surface area contributed by atoms with E-state index in [0.29, 0.717) is 24.3 Å². The van der Waals surface area contributed by atoms with Crippen molar-refractivity contribution >= 4 is 17.7 Å². The number of esters is 1. The van der Waals surface area contributed by atoms with Gasteiger partial charge < -0.3 is 9.47 Å². The van der Waals surface area contributed by atoms with Crippen molar-refractivity contribution in [2.75, 3.05) is 18.5 Å². The van der Waals surface area contributed by atoms with Crippen LogP contribution in [0.25, 0.3) is 0 Å². The minimum atomic E-state index is -0.505. The molecule has 1 aliphatic rings. The smallest absolute Gasteiger partial charge is 0.411 e. The average Bonchev–Trinajstić information content (AvgIpc) is 2.75. The van der Waals surface area contributed by atoms with E-state index in [-0.39, 0.29) is 18.5 Å². The van der Waals surface area contributed by atoms with Gasteiger partial charge in [0, 0.05) is 17.2 Å². The molecule has 0 aromatic heterocycles. The van der Waals surface area contributed by atoms with E-state index in [1.165, 1.54) is 5.56 Å². The zero-order chi connectivity index (χ0) is 15.4. The van der Waals surface area contributed by atoms with Crippen LogP contribution in [0, 0.1) is 19.8 Å². The molecular weight excluding hydrogens is 270 g/mol. The van der Waals surface area contributed by atoms with Gasteiger partial charge in [-0.2, -0.15) is 0 Å². The SMILES string of the molecule is C=C1C(=O)OC[C@H]1CCOC(=O)Nc1ccc(C)c(C)c1. The van der Waals surface area contributed by atoms with Gasteiger partial charge in [0.1, 0.15) is 0 Å². The molecule has 0 bridgehead atoms. The van der Waals surface area contributed by atoms with Crippen molar-refractivity contribution in [3.05, 3.63) is 41.5 Å². The van der Waals surface area contributed by atoms with Gasteiger partial charge in [0.2, 0.25) is 0 Å². The Morgan fingerprint density at radius 1 is 1.43 bits per heavy atom. The predicted molar refractivity (Wildman–Crippen MR) is 79.1 cm³/mol. The van der Waals surface area contributed by atoms with E-state index in [2.05, 4.69) is 11.9 Å². The third kappa shape index (κ3) is 3.84. The van der Waals surface area contributed by atoms with Crippen LogP contribution < -0.4 is 5.32 Å². The molecule has 112 valence electrons. The zero-order valence-electron chi connectivity index (χ0n) is 12.3. The highest BCUT2D eigenvalue weighted by Gasteiger charge is 2.28. The van der Waals surface area contributed by atoms with Crippen molar-refractivity contribution in [3.63, 3.8) is 0 Å². The number of amides is 1. The first-order chi connectivity index (χ1) is 9.97. The first-order valence-corrected chi connectivity index (χ1v) is 6.84. The number of rotatable bonds is 4. The van der Waals surface area contributed by atoms with Crippen LogP contribution in [0.5, 0.6) is 0 Å². The number of nitrogens with one attached hydrogen (secondary N) is 1. The Balaban J connectivity index is 1.76. The molecule has 0 saturated carbocycles. The number of aryl methyl sites for hydroxylation is 2. The monoisotopic (exact) mass is 289 g/mol. The van der Waals surface area contributed by atoms with Gasteiger partial charge in [0.15, 0.2) is 0 Å². The molecule has 2 rings (SSSR count). The summed E-state index contributed by atoms with van der Waals surface area (Å²) in [6, 6.07) is 5.66. The van der Waals surface area contributed by atoms with Crippen molar-refractivity contribution in [1.29, 1.82) is 0 Å². The molecule has 0 unspecified atom stereocenters. The number of hydrogen-bond donors (Lipinski definition) is 1. The number of benzene rings is 1. The van der Waals surface area contributed by atoms with Crippen molar-refractivity contribution < 1.29 is 19.1 Å². The molecule has 1 aromatic carbocycles. The lowest BCUT2D eigenvalue weighted by atomic mass is 10.0. The van der Waals surface area contributed by atoms with Gasteiger partial charge in [0.05, 0.1) is 13.2 Å². The lowest BCUT2D eigenvalue weighted by Crippen LogP contribution is -2.16. The first kappa shape index (κ1) is 15.1. The summed E-state index contributed by atoms with van der Waals surface area (Å²) in [5.41, 5.74) is 3.42. The molecule has 0 spiro atoms. The van der Waals surface area contributed by atoms with Gasteiger partial charge in [-0.05, 0) is 43.5 Å². The normalized spacial score (nSPS) is 17.5. The van der Waals surface area contributed by atoms with E-state index in [1.807, 2.05) is 32.0 Å². The summed E-state index contributed by atoms with van der Waals surface area (Å²) in [6.07, 6.45) is 0.0272. The third-order valence-electron chi connectivity index (χ3n) is 3.62. The number of cyclic esters (lactones) is 1. The predicted octanol–water partition coefficient (Wildman–Crippen LogP) is 2.97. The van der Waals surface area contributed by atoms with E-state index in [9.17, 15) is 9.59 Å². The standard InChI is InChI=1S/C16H19NO4/c1-10-4-5-14(8-11(10)2)17-16(19)20-7-6-13-9-21-15(18)12(13)3/h4-5,8,13H,3,6-7,9H2,1-2H3,(H,17,19)/t13-/m1/s1. The summed E-state index contributed by atoms with van der Waals surface area (Å²) in [7, 11) is 0. The Bertz CT molecular complexity index is 580. The number of ether oxygens (including phenoxy) is 2. The van der Waals surface area contributed by atoms with E-state index < -0.39 is 6.09 Å². The zero-order valence-corrected chi connectivity index (χ0v) is 12.3. The van der Waals surface area contributed by atoms with Gasteiger partial charge in [-0.15, -0.1) is 0 Å². The second-order valence-corrected chi connectivity index (χ2v) is 5.17. The Labute approximate surface area is 123 Å². The molecule has 21 heavy (non-hydrogen) atoms. The second-order valence-electron chi connectivity index (χ2n) is 5.17. The van der Waals surface area contributed by atoms with Gasteiger partial charge in [-0.3, -0.25) is 5.32 Å².